The molecule has 34 heavy (non-hydrogen) atoms. The Morgan fingerprint density at radius 1 is 1.21 bits per heavy atom. The van der Waals surface area contributed by atoms with Crippen LogP contribution in [0.1, 0.15) is 69.6 Å². The topological polar surface area (TPSA) is 142 Å². The summed E-state index contributed by atoms with van der Waals surface area (Å²) in [6, 6.07) is 6.90. The van der Waals surface area contributed by atoms with E-state index in [0.717, 1.165) is 25.7 Å². The summed E-state index contributed by atoms with van der Waals surface area (Å²) in [6.07, 6.45) is 6.68. The highest BCUT2D eigenvalue weighted by Crippen LogP contribution is 2.56. The molecular formula is C26H38N2O6. The number of hydrogen-bond donors (Lipinski definition) is 4. The van der Waals surface area contributed by atoms with Crippen molar-refractivity contribution in [3.63, 3.8) is 0 Å². The molecule has 2 aliphatic rings. The zero-order valence-electron chi connectivity index (χ0n) is 20.5. The van der Waals surface area contributed by atoms with Crippen molar-refractivity contribution < 1.29 is 29.7 Å². The second kappa shape index (κ2) is 11.6. The first-order valence-electron chi connectivity index (χ1n) is 11.8. The molecule has 0 spiro atoms. The van der Waals surface area contributed by atoms with E-state index >= 15 is 0 Å². The Balaban J connectivity index is 0.000000440. The third-order valence-electron chi connectivity index (χ3n) is 7.03. The Kier molecular flexibility index (Phi) is 9.41. The average Bonchev–Trinajstić information content (AvgIpc) is 2.75. The lowest BCUT2D eigenvalue weighted by molar-refractivity contribution is -0.134. The summed E-state index contributed by atoms with van der Waals surface area (Å²) in [6.45, 7) is 9.89. The molecule has 0 aliphatic heterocycles. The summed E-state index contributed by atoms with van der Waals surface area (Å²) in [7, 11) is 0. The molecule has 0 aromatic heterocycles. The Morgan fingerprint density at radius 2 is 1.85 bits per heavy atom. The number of rotatable bonds is 7. The smallest absolute Gasteiger partial charge is 0.328 e. The predicted molar refractivity (Wildman–Crippen MR) is 131 cm³/mol. The van der Waals surface area contributed by atoms with Crippen LogP contribution in [0.5, 0.6) is 0 Å². The van der Waals surface area contributed by atoms with Gasteiger partial charge in [-0.25, -0.2) is 9.59 Å². The standard InChI is InChI=1S/C22H34N2O2.C4H4O4/c1-15(2)16-6-7-18-17(12-16)13-19(25)20-21(3,14-24-26-11-10-23)8-5-9-22(18,20)4;5-3(6)1-2-4(7)8/h6-7,12,14-15,19-20,25H,5,8-11,13,23H2,1-4H3;1-2H,(H,5,6)(H,7,8)/b24-14+;2-1+/t19?,20-,21-,22+;/m0./s1. The molecule has 1 saturated carbocycles. The fourth-order valence-corrected chi connectivity index (χ4v) is 5.63. The van der Waals surface area contributed by atoms with Crippen LogP contribution < -0.4 is 5.73 Å². The van der Waals surface area contributed by atoms with E-state index < -0.39 is 11.9 Å². The lowest BCUT2D eigenvalue weighted by Crippen LogP contribution is -2.56. The number of aliphatic carboxylic acids is 2. The van der Waals surface area contributed by atoms with Crippen LogP contribution in [0.2, 0.25) is 0 Å². The molecule has 1 fully saturated rings. The summed E-state index contributed by atoms with van der Waals surface area (Å²) in [5, 5.41) is 31.0. The van der Waals surface area contributed by atoms with E-state index in [4.69, 9.17) is 20.8 Å². The monoisotopic (exact) mass is 474 g/mol. The van der Waals surface area contributed by atoms with E-state index in [9.17, 15) is 14.7 Å². The zero-order valence-corrected chi connectivity index (χ0v) is 20.5. The average molecular weight is 475 g/mol. The minimum Gasteiger partial charge on any atom is -0.478 e. The number of nitrogens with two attached hydrogens (primary N) is 1. The third kappa shape index (κ3) is 6.45. The van der Waals surface area contributed by atoms with Crippen LogP contribution in [0.3, 0.4) is 0 Å². The van der Waals surface area contributed by atoms with Crippen molar-refractivity contribution >= 4 is 18.2 Å². The molecule has 1 unspecified atom stereocenters. The van der Waals surface area contributed by atoms with Gasteiger partial charge in [-0.3, -0.25) is 0 Å². The number of nitrogens with zero attached hydrogens (tertiary/aromatic N) is 1. The van der Waals surface area contributed by atoms with Crippen molar-refractivity contribution in [2.24, 2.45) is 22.2 Å². The second-order valence-corrected chi connectivity index (χ2v) is 9.96. The summed E-state index contributed by atoms with van der Waals surface area (Å²) >= 11 is 0. The number of aliphatic hydroxyl groups excluding tert-OH is 1. The highest BCUT2D eigenvalue weighted by atomic mass is 16.6. The lowest BCUT2D eigenvalue weighted by Gasteiger charge is -2.56. The molecule has 8 heteroatoms. The van der Waals surface area contributed by atoms with Gasteiger partial charge in [-0.2, -0.15) is 0 Å². The van der Waals surface area contributed by atoms with Gasteiger partial charge < -0.3 is 25.9 Å². The number of hydrogen-bond acceptors (Lipinski definition) is 6. The van der Waals surface area contributed by atoms with Gasteiger partial charge in [-0.15, -0.1) is 0 Å². The Hall–Kier alpha value is -2.71. The SMILES string of the molecule is CC(C)c1ccc2c(c1)CC(O)[C@H]1[C@](C)(/C=N/OCCN)CCC[C@]21C.O=C(O)/C=C/C(=O)O. The number of benzene rings is 1. The number of aliphatic hydroxyl groups is 1. The van der Waals surface area contributed by atoms with Crippen LogP contribution in [0.25, 0.3) is 0 Å². The molecule has 0 saturated heterocycles. The van der Waals surface area contributed by atoms with Gasteiger partial charge >= 0.3 is 11.9 Å². The molecule has 0 amide bonds. The molecule has 3 rings (SSSR count). The van der Waals surface area contributed by atoms with Gasteiger partial charge in [0.2, 0.25) is 0 Å². The molecular weight excluding hydrogens is 436 g/mol. The number of carbonyl (C=O) groups is 2. The van der Waals surface area contributed by atoms with Crippen molar-refractivity contribution in [3.05, 3.63) is 47.0 Å². The first-order chi connectivity index (χ1) is 15.9. The van der Waals surface area contributed by atoms with Crippen LogP contribution in [0.15, 0.2) is 35.5 Å². The van der Waals surface area contributed by atoms with Gasteiger partial charge in [0.05, 0.1) is 12.3 Å². The van der Waals surface area contributed by atoms with Crippen LogP contribution in [-0.4, -0.2) is 52.7 Å². The van der Waals surface area contributed by atoms with E-state index in [2.05, 4.69) is 51.0 Å². The van der Waals surface area contributed by atoms with Crippen molar-refractivity contribution in [3.8, 4) is 0 Å². The summed E-state index contributed by atoms with van der Waals surface area (Å²) in [5.74, 6) is -1.86. The molecule has 1 aromatic carbocycles. The van der Waals surface area contributed by atoms with Crippen LogP contribution >= 0.6 is 0 Å². The van der Waals surface area contributed by atoms with Gasteiger partial charge in [0.1, 0.15) is 6.61 Å². The molecule has 5 N–H and O–H groups in total. The summed E-state index contributed by atoms with van der Waals surface area (Å²) in [4.78, 5) is 24.4. The number of carboxylic acid groups (broad SMARTS) is 2. The van der Waals surface area contributed by atoms with Crippen LogP contribution in [0.4, 0.5) is 0 Å². The van der Waals surface area contributed by atoms with E-state index in [0.29, 0.717) is 31.2 Å². The van der Waals surface area contributed by atoms with Crippen molar-refractivity contribution in [1.29, 1.82) is 0 Å². The van der Waals surface area contributed by atoms with Gasteiger partial charge in [-0.1, -0.05) is 57.5 Å². The Morgan fingerprint density at radius 3 is 2.41 bits per heavy atom. The largest absolute Gasteiger partial charge is 0.478 e. The highest BCUT2D eigenvalue weighted by molar-refractivity contribution is 5.89. The van der Waals surface area contributed by atoms with Gasteiger partial charge in [0, 0.05) is 30.0 Å². The minimum absolute atomic E-state index is 0.0323. The van der Waals surface area contributed by atoms with E-state index in [-0.39, 0.29) is 22.9 Å². The molecule has 2 aliphatic carbocycles. The van der Waals surface area contributed by atoms with Crippen molar-refractivity contribution in [2.75, 3.05) is 13.2 Å². The van der Waals surface area contributed by atoms with E-state index in [1.54, 1.807) is 0 Å². The van der Waals surface area contributed by atoms with Gasteiger partial charge in [-0.05, 0) is 47.3 Å². The van der Waals surface area contributed by atoms with E-state index in [1.807, 2.05) is 6.21 Å². The maximum Gasteiger partial charge on any atom is 0.328 e. The molecule has 1 aromatic rings. The minimum atomic E-state index is -1.26. The lowest BCUT2D eigenvalue weighted by atomic mass is 9.49. The normalized spacial score (nSPS) is 28.2. The zero-order chi connectivity index (χ0) is 25.5. The molecule has 4 atom stereocenters. The summed E-state index contributed by atoms with van der Waals surface area (Å²) in [5.41, 5.74) is 9.37. The molecule has 188 valence electrons. The van der Waals surface area contributed by atoms with Crippen molar-refractivity contribution in [1.82, 2.24) is 0 Å². The van der Waals surface area contributed by atoms with E-state index in [1.165, 1.54) is 16.7 Å². The predicted octanol–water partition coefficient (Wildman–Crippen LogP) is 3.46. The summed E-state index contributed by atoms with van der Waals surface area (Å²) < 4.78 is 0. The Bertz CT molecular complexity index is 912. The fraction of sp³-hybridized carbons (Fsp3) is 0.577. The first kappa shape index (κ1) is 27.5. The molecule has 8 nitrogen and oxygen atoms in total. The maximum atomic E-state index is 11.2. The van der Waals surface area contributed by atoms with Crippen LogP contribution in [0, 0.1) is 11.3 Å². The van der Waals surface area contributed by atoms with Crippen LogP contribution in [-0.2, 0) is 26.3 Å². The molecule has 0 heterocycles. The highest BCUT2D eigenvalue weighted by Gasteiger charge is 2.55. The number of oxime groups is 1. The maximum absolute atomic E-state index is 11.2. The first-order valence-corrected chi connectivity index (χ1v) is 11.8. The second-order valence-electron chi connectivity index (χ2n) is 9.96. The van der Waals surface area contributed by atoms with Gasteiger partial charge in [0.25, 0.3) is 0 Å². The number of fused-ring (bicyclic) bond motifs is 3. The third-order valence-corrected chi connectivity index (χ3v) is 7.03. The molecule has 0 radical (unpaired) electrons. The molecule has 0 bridgehead atoms. The fourth-order valence-electron chi connectivity index (χ4n) is 5.63. The number of carboxylic acids is 2. The quantitative estimate of drug-likeness (QED) is 0.205. The van der Waals surface area contributed by atoms with Crippen molar-refractivity contribution in [2.45, 2.75) is 70.8 Å². The Labute approximate surface area is 201 Å². The van der Waals surface area contributed by atoms with Gasteiger partial charge in [0.15, 0.2) is 0 Å².